The van der Waals surface area contributed by atoms with Gasteiger partial charge in [0.25, 0.3) is 5.56 Å². The predicted octanol–water partition coefficient (Wildman–Crippen LogP) is 0.908. The quantitative estimate of drug-likeness (QED) is 0.638. The number of ether oxygens (including phenoxy) is 2. The van der Waals surface area contributed by atoms with Crippen LogP contribution in [0, 0.1) is 0 Å². The Kier molecular flexibility index (Phi) is 6.89. The molecule has 0 spiro atoms. The van der Waals surface area contributed by atoms with Crippen LogP contribution in [-0.2, 0) is 20.8 Å². The standard InChI is InChI=1S/C17H23N3O4/c1-23-10-5-8-19(9-11-24-2)17(22)13-20-15-7-4-3-6-14(15)18-12-16(20)21/h3-4,6-7,12H,5,8-11,13H2,1-2H3. The van der Waals surface area contributed by atoms with Crippen molar-refractivity contribution in [1.29, 1.82) is 0 Å². The van der Waals surface area contributed by atoms with Gasteiger partial charge in [0.05, 0.1) is 23.8 Å². The molecule has 1 heterocycles. The number of carbonyl (C=O) groups excluding carboxylic acids is 1. The zero-order valence-corrected chi connectivity index (χ0v) is 14.1. The Morgan fingerprint density at radius 1 is 1.17 bits per heavy atom. The molecule has 0 aliphatic heterocycles. The van der Waals surface area contributed by atoms with E-state index < -0.39 is 0 Å². The topological polar surface area (TPSA) is 73.7 Å². The lowest BCUT2D eigenvalue weighted by atomic mass is 10.3. The molecular weight excluding hydrogens is 310 g/mol. The number of aromatic nitrogens is 2. The van der Waals surface area contributed by atoms with E-state index in [1.807, 2.05) is 18.2 Å². The van der Waals surface area contributed by atoms with E-state index >= 15 is 0 Å². The fourth-order valence-electron chi connectivity index (χ4n) is 2.48. The summed E-state index contributed by atoms with van der Waals surface area (Å²) >= 11 is 0. The van der Waals surface area contributed by atoms with Gasteiger partial charge in [0, 0.05) is 33.9 Å². The van der Waals surface area contributed by atoms with Gasteiger partial charge < -0.3 is 14.4 Å². The largest absolute Gasteiger partial charge is 0.385 e. The number of carbonyl (C=O) groups is 1. The van der Waals surface area contributed by atoms with E-state index in [0.717, 1.165) is 6.42 Å². The number of methoxy groups -OCH3 is 2. The minimum absolute atomic E-state index is 0.0153. The molecule has 0 N–H and O–H groups in total. The third kappa shape index (κ3) is 4.62. The second-order valence-electron chi connectivity index (χ2n) is 5.39. The van der Waals surface area contributed by atoms with Crippen LogP contribution in [0.5, 0.6) is 0 Å². The molecule has 0 saturated carbocycles. The van der Waals surface area contributed by atoms with Gasteiger partial charge in [-0.15, -0.1) is 0 Å². The lowest BCUT2D eigenvalue weighted by Crippen LogP contribution is -2.39. The number of hydrogen-bond donors (Lipinski definition) is 0. The molecule has 0 aliphatic rings. The fraction of sp³-hybridized carbons (Fsp3) is 0.471. The van der Waals surface area contributed by atoms with Gasteiger partial charge in [-0.2, -0.15) is 0 Å². The summed E-state index contributed by atoms with van der Waals surface area (Å²) in [6.07, 6.45) is 1.98. The van der Waals surface area contributed by atoms with Crippen LogP contribution in [0.4, 0.5) is 0 Å². The molecule has 0 unspecified atom stereocenters. The zero-order chi connectivity index (χ0) is 17.4. The van der Waals surface area contributed by atoms with Crippen LogP contribution in [0.25, 0.3) is 11.0 Å². The average Bonchev–Trinajstić information content (AvgIpc) is 2.60. The fourth-order valence-corrected chi connectivity index (χ4v) is 2.48. The van der Waals surface area contributed by atoms with Crippen molar-refractivity contribution in [2.24, 2.45) is 0 Å². The van der Waals surface area contributed by atoms with Crippen LogP contribution in [0.1, 0.15) is 6.42 Å². The molecule has 1 aromatic carbocycles. The van der Waals surface area contributed by atoms with E-state index in [9.17, 15) is 9.59 Å². The molecule has 0 saturated heterocycles. The van der Waals surface area contributed by atoms with Crippen molar-refractivity contribution in [3.8, 4) is 0 Å². The van der Waals surface area contributed by atoms with Gasteiger partial charge in [-0.3, -0.25) is 14.2 Å². The average molecular weight is 333 g/mol. The highest BCUT2D eigenvalue weighted by Crippen LogP contribution is 2.08. The molecule has 1 amide bonds. The van der Waals surface area contributed by atoms with Crippen molar-refractivity contribution in [2.75, 3.05) is 40.5 Å². The summed E-state index contributed by atoms with van der Waals surface area (Å²) in [6, 6.07) is 7.28. The first-order valence-electron chi connectivity index (χ1n) is 7.87. The van der Waals surface area contributed by atoms with E-state index in [4.69, 9.17) is 9.47 Å². The Labute approximate surface area is 140 Å². The molecule has 0 atom stereocenters. The molecular formula is C17H23N3O4. The lowest BCUT2D eigenvalue weighted by molar-refractivity contribution is -0.132. The minimum atomic E-state index is -0.286. The highest BCUT2D eigenvalue weighted by Gasteiger charge is 2.15. The molecule has 2 rings (SSSR count). The zero-order valence-electron chi connectivity index (χ0n) is 14.1. The molecule has 0 fully saturated rings. The van der Waals surface area contributed by atoms with Crippen LogP contribution in [0.2, 0.25) is 0 Å². The Morgan fingerprint density at radius 3 is 2.67 bits per heavy atom. The predicted molar refractivity (Wildman–Crippen MR) is 91.0 cm³/mol. The highest BCUT2D eigenvalue weighted by atomic mass is 16.5. The van der Waals surface area contributed by atoms with Crippen molar-refractivity contribution in [3.05, 3.63) is 40.8 Å². The van der Waals surface area contributed by atoms with Gasteiger partial charge in [0.15, 0.2) is 0 Å². The summed E-state index contributed by atoms with van der Waals surface area (Å²) in [5.74, 6) is -0.124. The summed E-state index contributed by atoms with van der Waals surface area (Å²) in [6.45, 7) is 2.06. The molecule has 0 radical (unpaired) electrons. The third-order valence-electron chi connectivity index (χ3n) is 3.74. The van der Waals surface area contributed by atoms with Crippen LogP contribution in [0.3, 0.4) is 0 Å². The monoisotopic (exact) mass is 333 g/mol. The van der Waals surface area contributed by atoms with Gasteiger partial charge in [-0.1, -0.05) is 12.1 Å². The first kappa shape index (κ1) is 18.1. The second kappa shape index (κ2) is 9.14. The van der Waals surface area contributed by atoms with E-state index in [0.29, 0.717) is 37.3 Å². The van der Waals surface area contributed by atoms with Crippen molar-refractivity contribution in [1.82, 2.24) is 14.5 Å². The third-order valence-corrected chi connectivity index (χ3v) is 3.74. The van der Waals surface area contributed by atoms with Gasteiger partial charge in [0.1, 0.15) is 6.54 Å². The smallest absolute Gasteiger partial charge is 0.269 e. The number of benzene rings is 1. The van der Waals surface area contributed by atoms with Gasteiger partial charge in [-0.25, -0.2) is 4.98 Å². The first-order valence-corrected chi connectivity index (χ1v) is 7.87. The maximum atomic E-state index is 12.7. The Morgan fingerprint density at radius 2 is 1.92 bits per heavy atom. The normalized spacial score (nSPS) is 10.9. The number of nitrogens with zero attached hydrogens (tertiary/aromatic N) is 3. The van der Waals surface area contributed by atoms with Crippen molar-refractivity contribution >= 4 is 16.9 Å². The number of amides is 1. The van der Waals surface area contributed by atoms with Crippen molar-refractivity contribution in [2.45, 2.75) is 13.0 Å². The molecule has 0 bridgehead atoms. The van der Waals surface area contributed by atoms with E-state index in [2.05, 4.69) is 4.98 Å². The van der Waals surface area contributed by atoms with E-state index in [-0.39, 0.29) is 18.0 Å². The second-order valence-corrected chi connectivity index (χ2v) is 5.39. The van der Waals surface area contributed by atoms with Crippen molar-refractivity contribution in [3.63, 3.8) is 0 Å². The Hall–Kier alpha value is -2.25. The molecule has 130 valence electrons. The van der Waals surface area contributed by atoms with Crippen LogP contribution < -0.4 is 5.56 Å². The minimum Gasteiger partial charge on any atom is -0.385 e. The molecule has 7 heteroatoms. The molecule has 7 nitrogen and oxygen atoms in total. The maximum Gasteiger partial charge on any atom is 0.269 e. The number of rotatable bonds is 9. The van der Waals surface area contributed by atoms with E-state index in [1.54, 1.807) is 25.2 Å². The first-order chi connectivity index (χ1) is 11.7. The van der Waals surface area contributed by atoms with Gasteiger partial charge in [-0.05, 0) is 18.6 Å². The summed E-state index contributed by atoms with van der Waals surface area (Å²) < 4.78 is 11.6. The number of fused-ring (bicyclic) bond motifs is 1. The summed E-state index contributed by atoms with van der Waals surface area (Å²) in [7, 11) is 3.22. The van der Waals surface area contributed by atoms with E-state index in [1.165, 1.54) is 10.8 Å². The number of hydrogen-bond acceptors (Lipinski definition) is 5. The molecule has 24 heavy (non-hydrogen) atoms. The summed E-state index contributed by atoms with van der Waals surface area (Å²) in [5, 5.41) is 0. The van der Waals surface area contributed by atoms with Crippen LogP contribution in [-0.4, -0.2) is 60.9 Å². The van der Waals surface area contributed by atoms with Crippen molar-refractivity contribution < 1.29 is 14.3 Å². The highest BCUT2D eigenvalue weighted by molar-refractivity contribution is 5.80. The summed E-state index contributed by atoms with van der Waals surface area (Å²) in [4.78, 5) is 30.6. The van der Waals surface area contributed by atoms with Gasteiger partial charge in [0.2, 0.25) is 5.91 Å². The maximum absolute atomic E-state index is 12.7. The van der Waals surface area contributed by atoms with Gasteiger partial charge >= 0.3 is 0 Å². The molecule has 0 aliphatic carbocycles. The molecule has 2 aromatic rings. The lowest BCUT2D eigenvalue weighted by Gasteiger charge is -2.23. The van der Waals surface area contributed by atoms with Crippen LogP contribution in [0.15, 0.2) is 35.3 Å². The summed E-state index contributed by atoms with van der Waals surface area (Å²) in [5.41, 5.74) is 1.06. The Bertz CT molecular complexity index is 729. The SMILES string of the molecule is COCCCN(CCOC)C(=O)Cn1c(=O)cnc2ccccc21. The molecule has 1 aromatic heterocycles. The Balaban J connectivity index is 2.19. The number of para-hydroxylation sites is 2. The van der Waals surface area contributed by atoms with Crippen LogP contribution >= 0.6 is 0 Å².